The normalized spacial score (nSPS) is 13.2. The first kappa shape index (κ1) is 74.7. The van der Waals surface area contributed by atoms with E-state index in [4.69, 9.17) is 26.9 Å². The maximum atomic E-state index is 15.3. The fourth-order valence-electron chi connectivity index (χ4n) is 11.0. The molecule has 0 aliphatic carbocycles. The third kappa shape index (κ3) is 25.5. The lowest BCUT2D eigenvalue weighted by molar-refractivity contribution is -0.157. The van der Waals surface area contributed by atoms with E-state index in [1.807, 2.05) is 159 Å². The second-order valence-corrected chi connectivity index (χ2v) is 26.8. The molecule has 6 aromatic carbocycles. The van der Waals surface area contributed by atoms with E-state index in [0.717, 1.165) is 53.5 Å². The molecule has 0 bridgehead atoms. The summed E-state index contributed by atoms with van der Waals surface area (Å²) in [5.41, 5.74) is 2.86. The molecule has 2 radical (unpaired) electrons. The van der Waals surface area contributed by atoms with Crippen LogP contribution in [0.25, 0.3) is 0 Å². The van der Waals surface area contributed by atoms with Crippen LogP contribution in [0.2, 0.25) is 0 Å². The van der Waals surface area contributed by atoms with Crippen LogP contribution in [0.4, 0.5) is 4.79 Å². The molecule has 0 heterocycles. The van der Waals surface area contributed by atoms with E-state index in [0.29, 0.717) is 37.3 Å². The summed E-state index contributed by atoms with van der Waals surface area (Å²) < 4.78 is 22.1. The van der Waals surface area contributed by atoms with E-state index in [2.05, 4.69) is 21.2 Å². The zero-order chi connectivity index (χ0) is 67.9. The van der Waals surface area contributed by atoms with Crippen LogP contribution in [0.3, 0.4) is 0 Å². The van der Waals surface area contributed by atoms with Crippen molar-refractivity contribution in [3.8, 4) is 5.75 Å². The van der Waals surface area contributed by atoms with Gasteiger partial charge in [0.25, 0.3) is 0 Å². The molecule has 0 aromatic heterocycles. The Balaban J connectivity index is 1.32. The molecule has 0 aliphatic heterocycles. The number of unbranched alkanes of at least 4 members (excludes halogenated alkanes) is 4. The van der Waals surface area contributed by atoms with Gasteiger partial charge in [0.2, 0.25) is 11.8 Å². The predicted octanol–water partition coefficient (Wildman–Crippen LogP) is 12.4. The fourth-order valence-corrected chi connectivity index (χ4v) is 12.5. The molecule has 94 heavy (non-hydrogen) atoms. The van der Waals surface area contributed by atoms with Gasteiger partial charge in [0.15, 0.2) is 19.5 Å². The number of hydrogen-bond donors (Lipinski definition) is 4. The summed E-state index contributed by atoms with van der Waals surface area (Å²) in [5, 5.41) is 11.2. The summed E-state index contributed by atoms with van der Waals surface area (Å²) in [4.78, 5) is 116. The minimum absolute atomic E-state index is 0.0428. The number of Topliss-reactive ketones (excluding diaryl/α,β-unsaturated/α-hetero) is 3. The summed E-state index contributed by atoms with van der Waals surface area (Å²) in [5.74, 6) is -5.98. The Hall–Kier alpha value is -8.35. The van der Waals surface area contributed by atoms with Gasteiger partial charge in [0, 0.05) is 37.4 Å². The van der Waals surface area contributed by atoms with E-state index < -0.39 is 100 Å². The minimum atomic E-state index is -1.50. The van der Waals surface area contributed by atoms with Gasteiger partial charge in [-0.15, -0.1) is 11.8 Å². The maximum absolute atomic E-state index is 15.3. The SMILES string of the molecule is [B]NCCCCCCCC(=O)C[C@@H](Cc1ccccc1)C(=O)N[C@@H](Cc1ccccc1)C(=O)CC[C@H](NC(=O)OC(C)(C)C)C(=O)C[C@@H](CC(=O)OC(C)(C)C)C(=O)N[C@@H](CSC(c1ccccc1)(c1ccccc1)c1ccccc1)C(=O)OCc1ccc(OCC)cc1. The van der Waals surface area contributed by atoms with Crippen LogP contribution >= 0.6 is 11.8 Å². The molecule has 16 nitrogen and oxygen atoms in total. The highest BCUT2D eigenvalue weighted by Crippen LogP contribution is 2.49. The largest absolute Gasteiger partial charge is 0.494 e. The van der Waals surface area contributed by atoms with Gasteiger partial charge in [-0.05, 0) is 133 Å². The van der Waals surface area contributed by atoms with Gasteiger partial charge in [-0.2, -0.15) is 0 Å². The molecule has 0 fully saturated rings. The van der Waals surface area contributed by atoms with Gasteiger partial charge in [-0.25, -0.2) is 9.59 Å². The van der Waals surface area contributed by atoms with E-state index in [1.54, 1.807) is 65.8 Å². The van der Waals surface area contributed by atoms with Gasteiger partial charge in [0.1, 0.15) is 35.4 Å². The number of benzene rings is 6. The second kappa shape index (κ2) is 38.1. The molecule has 3 amide bonds. The van der Waals surface area contributed by atoms with E-state index >= 15 is 9.59 Å². The van der Waals surface area contributed by atoms with Gasteiger partial charge in [0.05, 0.1) is 35.8 Å². The van der Waals surface area contributed by atoms with Crippen molar-refractivity contribution in [1.29, 1.82) is 0 Å². The lowest BCUT2D eigenvalue weighted by Gasteiger charge is -2.36. The predicted molar refractivity (Wildman–Crippen MR) is 369 cm³/mol. The van der Waals surface area contributed by atoms with Crippen LogP contribution in [0.1, 0.15) is 152 Å². The zero-order valence-electron chi connectivity index (χ0n) is 55.5. The Labute approximate surface area is 561 Å². The first-order chi connectivity index (χ1) is 45.0. The summed E-state index contributed by atoms with van der Waals surface area (Å²) in [6.07, 6.45) is 1.99. The van der Waals surface area contributed by atoms with E-state index in [-0.39, 0.29) is 50.2 Å². The lowest BCUT2D eigenvalue weighted by atomic mass is 9.84. The number of ketones is 3. The highest BCUT2D eigenvalue weighted by Gasteiger charge is 2.41. The van der Waals surface area contributed by atoms with Crippen molar-refractivity contribution in [1.82, 2.24) is 21.2 Å². The number of carbonyl (C=O) groups is 8. The van der Waals surface area contributed by atoms with Crippen molar-refractivity contribution in [3.05, 3.63) is 209 Å². The molecule has 6 rings (SSSR count). The van der Waals surface area contributed by atoms with Crippen LogP contribution in [0, 0.1) is 11.8 Å². The molecule has 4 N–H and O–H groups in total. The summed E-state index contributed by atoms with van der Waals surface area (Å²) in [7, 11) is 5.42. The molecule has 0 spiro atoms. The Morgan fingerprint density at radius 3 is 1.52 bits per heavy atom. The summed E-state index contributed by atoms with van der Waals surface area (Å²) >= 11 is 1.40. The molecule has 18 heteroatoms. The van der Waals surface area contributed by atoms with Gasteiger partial charge >= 0.3 is 18.0 Å². The number of thioether (sulfide) groups is 1. The number of nitrogens with one attached hydrogen (secondary N) is 4. The van der Waals surface area contributed by atoms with Gasteiger partial charge in [-0.3, -0.25) is 28.8 Å². The van der Waals surface area contributed by atoms with Gasteiger partial charge < -0.3 is 40.1 Å². The van der Waals surface area contributed by atoms with Gasteiger partial charge in [-0.1, -0.05) is 183 Å². The van der Waals surface area contributed by atoms with Crippen LogP contribution < -0.4 is 25.9 Å². The highest BCUT2D eigenvalue weighted by atomic mass is 32.2. The number of hydrogen-bond acceptors (Lipinski definition) is 14. The van der Waals surface area contributed by atoms with Crippen LogP contribution in [0.15, 0.2) is 176 Å². The average molecular weight is 1300 g/mol. The molecule has 0 unspecified atom stereocenters. The Kier molecular flexibility index (Phi) is 30.3. The van der Waals surface area contributed by atoms with Crippen molar-refractivity contribution >= 4 is 66.9 Å². The molecule has 498 valence electrons. The molecule has 6 aromatic rings. The minimum Gasteiger partial charge on any atom is -0.494 e. The standard InChI is InChI=1S/C76H93BN4O12S/c1-8-90-63-42-40-56(41-43-63)52-91-72(88)66(53-94-76(59-33-21-14-22-34-59,60-35-23-15-24-36-60)61-37-25-16-26-38-61)80-71(87)58(51-69(85)92-74(2,3)4)50-68(84)64(81-73(89)93-75(5,6)7)44-45-67(83)65(48-55-31-19-13-20-32-55)79-70(86)57(47-54-29-17-12-18-30-54)49-62(82)39-27-10-9-11-28-46-78-77/h12-26,29-38,40-43,57-58,64-66,78H,8-11,27-28,39,44-53H2,1-7H3,(H,79,86)(H,80,87)(H,81,89)/t57-,58+,64+,65+,66+/m1/s1. The number of esters is 2. The summed E-state index contributed by atoms with van der Waals surface area (Å²) in [6, 6.07) is 50.9. The third-order valence-corrected chi connectivity index (χ3v) is 17.2. The smallest absolute Gasteiger partial charge is 0.408 e. The Morgan fingerprint density at radius 2 is 0.989 bits per heavy atom. The Bertz CT molecular complexity index is 3230. The number of alkyl carbamates (subject to hydrolysis) is 1. The molecule has 0 saturated heterocycles. The quantitative estimate of drug-likeness (QED) is 0.00927. The Morgan fingerprint density at radius 1 is 0.489 bits per heavy atom. The molecule has 0 aliphatic rings. The highest BCUT2D eigenvalue weighted by molar-refractivity contribution is 8.00. The molecular formula is C76H93BN4O12S. The molecular weight excluding hydrogens is 1200 g/mol. The average Bonchev–Trinajstić information content (AvgIpc) is 0.759. The number of amides is 3. The zero-order valence-corrected chi connectivity index (χ0v) is 56.4. The van der Waals surface area contributed by atoms with Crippen LogP contribution in [0.5, 0.6) is 5.75 Å². The van der Waals surface area contributed by atoms with Crippen LogP contribution in [-0.4, -0.2) is 103 Å². The third-order valence-electron chi connectivity index (χ3n) is 15.6. The van der Waals surface area contributed by atoms with Crippen molar-refractivity contribution < 1.29 is 57.3 Å². The van der Waals surface area contributed by atoms with Crippen molar-refractivity contribution in [3.63, 3.8) is 0 Å². The van der Waals surface area contributed by atoms with E-state index in [1.165, 1.54) is 11.8 Å². The van der Waals surface area contributed by atoms with Crippen molar-refractivity contribution in [2.45, 2.75) is 173 Å². The molecule has 0 saturated carbocycles. The topological polar surface area (TPSA) is 222 Å². The number of rotatable bonds is 39. The number of ether oxygens (including phenoxy) is 4. The first-order valence-electron chi connectivity index (χ1n) is 32.6. The maximum Gasteiger partial charge on any atom is 0.408 e. The second-order valence-electron chi connectivity index (χ2n) is 25.6. The first-order valence-corrected chi connectivity index (χ1v) is 33.6. The lowest BCUT2D eigenvalue weighted by Crippen LogP contribution is -2.49. The molecule has 5 atom stereocenters. The fraction of sp³-hybridized carbons (Fsp3) is 0.421. The number of carbonyl (C=O) groups excluding carboxylic acids is 8. The van der Waals surface area contributed by atoms with Crippen molar-refractivity contribution in [2.24, 2.45) is 11.8 Å². The van der Waals surface area contributed by atoms with E-state index in [9.17, 15) is 28.8 Å². The summed E-state index contributed by atoms with van der Waals surface area (Å²) in [6.45, 7) is 12.8. The monoisotopic (exact) mass is 1300 g/mol. The van der Waals surface area contributed by atoms with Crippen molar-refractivity contribution in [2.75, 3.05) is 18.9 Å². The van der Waals surface area contributed by atoms with Crippen LogP contribution in [-0.2, 0) is 72.0 Å².